The van der Waals surface area contributed by atoms with Crippen molar-refractivity contribution in [1.29, 1.82) is 0 Å². The van der Waals surface area contributed by atoms with Gasteiger partial charge < -0.3 is 5.11 Å². The summed E-state index contributed by atoms with van der Waals surface area (Å²) in [4.78, 5) is 9.65. The van der Waals surface area contributed by atoms with Gasteiger partial charge in [0.1, 0.15) is 4.87 Å². The molecule has 2 rings (SSSR count). The summed E-state index contributed by atoms with van der Waals surface area (Å²) in [5.74, 6) is -0.833. The Hall–Kier alpha value is -1.11. The molecule has 21 heavy (non-hydrogen) atoms. The number of aliphatic carboxylic acids is 1. The molecule has 0 bridgehead atoms. The molecular weight excluding hydrogens is 314 g/mol. The Bertz CT molecular complexity index is 626. The van der Waals surface area contributed by atoms with Gasteiger partial charge in [-0.1, -0.05) is 23.7 Å². The molecule has 0 heterocycles. The molecule has 1 fully saturated rings. The third-order valence-electron chi connectivity index (χ3n) is 3.61. The van der Waals surface area contributed by atoms with Crippen LogP contribution in [-0.4, -0.2) is 30.9 Å². The van der Waals surface area contributed by atoms with Gasteiger partial charge in [0.15, 0.2) is 9.84 Å². The number of sulfone groups is 1. The number of halogens is 1. The molecule has 1 aromatic rings. The van der Waals surface area contributed by atoms with E-state index in [4.69, 9.17) is 16.7 Å². The zero-order valence-electron chi connectivity index (χ0n) is 11.5. The first-order valence-corrected chi connectivity index (χ1v) is 8.71. The van der Waals surface area contributed by atoms with Gasteiger partial charge in [-0.25, -0.2) is 8.42 Å². The maximum absolute atomic E-state index is 12.7. The standard InChI is InChI=1S/C14H18ClNO4S/c15-11-5-1-2-6-12(11)21(19,20)14(8-9-14)16-10-4-3-7-13(17)18/h1-2,5-6,16H,3-4,7-10H2,(H,17,18). The minimum atomic E-state index is -3.52. The van der Waals surface area contributed by atoms with Crippen LogP contribution in [0.15, 0.2) is 29.2 Å². The lowest BCUT2D eigenvalue weighted by Crippen LogP contribution is -2.39. The second-order valence-corrected chi connectivity index (χ2v) is 7.84. The van der Waals surface area contributed by atoms with Crippen molar-refractivity contribution in [3.8, 4) is 0 Å². The van der Waals surface area contributed by atoms with E-state index in [1.807, 2.05) is 0 Å². The Labute approximate surface area is 129 Å². The van der Waals surface area contributed by atoms with Gasteiger partial charge in [-0.3, -0.25) is 10.1 Å². The molecule has 0 spiro atoms. The number of unbranched alkanes of at least 4 members (excludes halogenated alkanes) is 1. The number of carboxylic acid groups (broad SMARTS) is 1. The number of hydrogen-bond donors (Lipinski definition) is 2. The molecule has 0 radical (unpaired) electrons. The molecule has 0 aliphatic heterocycles. The first-order chi connectivity index (χ1) is 9.89. The first-order valence-electron chi connectivity index (χ1n) is 6.85. The maximum atomic E-state index is 12.7. The highest BCUT2D eigenvalue weighted by atomic mass is 35.5. The third-order valence-corrected chi connectivity index (χ3v) is 6.57. The SMILES string of the molecule is O=C(O)CCCCNC1(S(=O)(=O)c2ccccc2Cl)CC1. The topological polar surface area (TPSA) is 83.5 Å². The van der Waals surface area contributed by atoms with Gasteiger partial charge in [0.05, 0.1) is 9.92 Å². The van der Waals surface area contributed by atoms with E-state index in [1.54, 1.807) is 18.2 Å². The number of nitrogens with one attached hydrogen (secondary N) is 1. The average molecular weight is 332 g/mol. The molecule has 116 valence electrons. The molecule has 1 aliphatic carbocycles. The van der Waals surface area contributed by atoms with Crippen molar-refractivity contribution in [2.75, 3.05) is 6.54 Å². The van der Waals surface area contributed by atoms with Crippen LogP contribution >= 0.6 is 11.6 Å². The van der Waals surface area contributed by atoms with Crippen LogP contribution in [-0.2, 0) is 14.6 Å². The lowest BCUT2D eigenvalue weighted by atomic mass is 10.2. The molecule has 0 unspecified atom stereocenters. The van der Waals surface area contributed by atoms with Crippen LogP contribution in [0.25, 0.3) is 0 Å². The fraction of sp³-hybridized carbons (Fsp3) is 0.500. The number of carbonyl (C=O) groups is 1. The van der Waals surface area contributed by atoms with E-state index < -0.39 is 20.7 Å². The van der Waals surface area contributed by atoms with Crippen LogP contribution in [0.2, 0.25) is 5.02 Å². The van der Waals surface area contributed by atoms with Crippen LogP contribution < -0.4 is 5.32 Å². The highest BCUT2D eigenvalue weighted by molar-refractivity contribution is 7.93. The minimum Gasteiger partial charge on any atom is -0.481 e. The summed E-state index contributed by atoms with van der Waals surface area (Å²) in [5, 5.41) is 11.9. The summed E-state index contributed by atoms with van der Waals surface area (Å²) in [6, 6.07) is 6.43. The summed E-state index contributed by atoms with van der Waals surface area (Å²) in [6.45, 7) is 0.483. The molecule has 5 nitrogen and oxygen atoms in total. The van der Waals surface area contributed by atoms with Crippen LogP contribution in [0.5, 0.6) is 0 Å². The first kappa shape index (κ1) is 16.3. The van der Waals surface area contributed by atoms with Gasteiger partial charge in [0, 0.05) is 6.42 Å². The van der Waals surface area contributed by atoms with E-state index in [0.717, 1.165) is 0 Å². The molecule has 1 aliphatic rings. The van der Waals surface area contributed by atoms with E-state index in [-0.39, 0.29) is 16.3 Å². The van der Waals surface area contributed by atoms with Crippen LogP contribution in [0.4, 0.5) is 0 Å². The second kappa shape index (κ2) is 6.34. The van der Waals surface area contributed by atoms with E-state index >= 15 is 0 Å². The van der Waals surface area contributed by atoms with Gasteiger partial charge in [-0.2, -0.15) is 0 Å². The van der Waals surface area contributed by atoms with Gasteiger partial charge >= 0.3 is 5.97 Å². The van der Waals surface area contributed by atoms with Crippen molar-refractivity contribution in [2.24, 2.45) is 0 Å². The molecule has 7 heteroatoms. The minimum absolute atomic E-state index is 0.103. The Morgan fingerprint density at radius 1 is 1.29 bits per heavy atom. The van der Waals surface area contributed by atoms with Crippen molar-refractivity contribution in [3.63, 3.8) is 0 Å². The zero-order valence-corrected chi connectivity index (χ0v) is 13.1. The molecular formula is C14H18ClNO4S. The average Bonchev–Trinajstić information content (AvgIpc) is 3.20. The summed E-state index contributed by atoms with van der Waals surface area (Å²) >= 11 is 5.99. The Morgan fingerprint density at radius 3 is 2.52 bits per heavy atom. The van der Waals surface area contributed by atoms with Crippen molar-refractivity contribution >= 4 is 27.4 Å². The highest BCUT2D eigenvalue weighted by Gasteiger charge is 2.55. The van der Waals surface area contributed by atoms with Crippen LogP contribution in [0.1, 0.15) is 32.1 Å². The predicted molar refractivity (Wildman–Crippen MR) is 80.1 cm³/mol. The van der Waals surface area contributed by atoms with Crippen molar-refractivity contribution in [3.05, 3.63) is 29.3 Å². The summed E-state index contributed by atoms with van der Waals surface area (Å²) in [6.07, 6.45) is 2.38. The fourth-order valence-electron chi connectivity index (χ4n) is 2.24. The zero-order chi connectivity index (χ0) is 15.5. The summed E-state index contributed by atoms with van der Waals surface area (Å²) < 4.78 is 25.3. The van der Waals surface area contributed by atoms with Crippen LogP contribution in [0.3, 0.4) is 0 Å². The maximum Gasteiger partial charge on any atom is 0.303 e. The number of benzene rings is 1. The Morgan fingerprint density at radius 2 is 1.95 bits per heavy atom. The lowest BCUT2D eigenvalue weighted by molar-refractivity contribution is -0.137. The van der Waals surface area contributed by atoms with Gasteiger partial charge in [-0.05, 0) is 44.4 Å². The quantitative estimate of drug-likeness (QED) is 0.715. The molecule has 2 N–H and O–H groups in total. The number of carboxylic acids is 1. The molecule has 1 saturated carbocycles. The van der Waals surface area contributed by atoms with Gasteiger partial charge in [0.2, 0.25) is 0 Å². The Kier molecular flexibility index (Phi) is 4.91. The number of rotatable bonds is 8. The van der Waals surface area contributed by atoms with E-state index in [9.17, 15) is 13.2 Å². The van der Waals surface area contributed by atoms with Crippen molar-refractivity contribution in [1.82, 2.24) is 5.32 Å². The molecule has 0 aromatic heterocycles. The van der Waals surface area contributed by atoms with Gasteiger partial charge in [-0.15, -0.1) is 0 Å². The molecule has 0 atom stereocenters. The van der Waals surface area contributed by atoms with E-state index in [0.29, 0.717) is 32.2 Å². The smallest absolute Gasteiger partial charge is 0.303 e. The number of hydrogen-bond acceptors (Lipinski definition) is 4. The van der Waals surface area contributed by atoms with E-state index in [2.05, 4.69) is 5.32 Å². The predicted octanol–water partition coefficient (Wildman–Crippen LogP) is 2.45. The fourth-order valence-corrected chi connectivity index (χ4v) is 4.62. The monoisotopic (exact) mass is 331 g/mol. The van der Waals surface area contributed by atoms with Crippen molar-refractivity contribution < 1.29 is 18.3 Å². The highest BCUT2D eigenvalue weighted by Crippen LogP contribution is 2.45. The Balaban J connectivity index is 2.00. The summed E-state index contributed by atoms with van der Waals surface area (Å²) in [7, 11) is -3.52. The largest absolute Gasteiger partial charge is 0.481 e. The lowest BCUT2D eigenvalue weighted by Gasteiger charge is -2.19. The normalized spacial score (nSPS) is 16.6. The molecule has 0 saturated heterocycles. The van der Waals surface area contributed by atoms with Gasteiger partial charge in [0.25, 0.3) is 0 Å². The van der Waals surface area contributed by atoms with Crippen LogP contribution in [0, 0.1) is 0 Å². The molecule has 0 amide bonds. The third kappa shape index (κ3) is 3.56. The molecule has 1 aromatic carbocycles. The second-order valence-electron chi connectivity index (χ2n) is 5.21. The van der Waals surface area contributed by atoms with Crippen molar-refractivity contribution in [2.45, 2.75) is 41.9 Å². The summed E-state index contributed by atoms with van der Waals surface area (Å²) in [5.41, 5.74) is 0. The van der Waals surface area contributed by atoms with E-state index in [1.165, 1.54) is 6.07 Å².